The van der Waals surface area contributed by atoms with Crippen LogP contribution < -0.4 is 5.32 Å². The Balaban J connectivity index is 1.62. The summed E-state index contributed by atoms with van der Waals surface area (Å²) in [7, 11) is 1.78. The fourth-order valence-electron chi connectivity index (χ4n) is 3.44. The van der Waals surface area contributed by atoms with E-state index in [2.05, 4.69) is 25.4 Å². The first kappa shape index (κ1) is 22.1. The van der Waals surface area contributed by atoms with Gasteiger partial charge >= 0.3 is 6.18 Å². The van der Waals surface area contributed by atoms with Crippen LogP contribution in [0.15, 0.2) is 36.7 Å². The van der Waals surface area contributed by atoms with E-state index < -0.39 is 11.9 Å². The number of aryl methyl sites for hydroxylation is 1. The van der Waals surface area contributed by atoms with E-state index in [1.807, 2.05) is 32.9 Å². The quantitative estimate of drug-likeness (QED) is 0.387. The Labute approximate surface area is 187 Å². The second kappa shape index (κ2) is 8.09. The summed E-state index contributed by atoms with van der Waals surface area (Å²) in [5.74, 6) is 0.777. The number of anilines is 1. The monoisotopic (exact) mass is 463 g/mol. The van der Waals surface area contributed by atoms with Gasteiger partial charge in [0.05, 0.1) is 12.2 Å². The first-order valence-electron chi connectivity index (χ1n) is 9.92. The molecule has 3 heterocycles. The summed E-state index contributed by atoms with van der Waals surface area (Å²) in [6.45, 7) is 5.57. The molecule has 1 aromatic carbocycles. The van der Waals surface area contributed by atoms with E-state index in [0.29, 0.717) is 22.4 Å². The molecule has 0 amide bonds. The van der Waals surface area contributed by atoms with Gasteiger partial charge in [-0.3, -0.25) is 4.68 Å². The van der Waals surface area contributed by atoms with Crippen molar-refractivity contribution >= 4 is 28.5 Å². The van der Waals surface area contributed by atoms with Crippen molar-refractivity contribution in [3.63, 3.8) is 0 Å². The van der Waals surface area contributed by atoms with Crippen LogP contribution in [0.5, 0.6) is 0 Å². The van der Waals surface area contributed by atoms with Crippen LogP contribution in [-0.2, 0) is 13.2 Å². The molecule has 4 aromatic rings. The number of nitrogens with zero attached hydrogens (tertiary/aromatic N) is 6. The van der Waals surface area contributed by atoms with Gasteiger partial charge in [0, 0.05) is 24.8 Å². The number of imidazole rings is 1. The molecular weight excluding hydrogens is 443 g/mol. The van der Waals surface area contributed by atoms with Crippen molar-refractivity contribution < 1.29 is 13.2 Å². The second-order valence-corrected chi connectivity index (χ2v) is 8.15. The number of rotatable bonds is 5. The van der Waals surface area contributed by atoms with Crippen LogP contribution in [0.3, 0.4) is 0 Å². The zero-order chi connectivity index (χ0) is 23.2. The third-order valence-electron chi connectivity index (χ3n) is 5.05. The van der Waals surface area contributed by atoms with E-state index in [0.717, 1.165) is 11.8 Å². The van der Waals surface area contributed by atoms with Gasteiger partial charge in [-0.1, -0.05) is 24.3 Å². The minimum Gasteiger partial charge on any atom is -0.362 e. The van der Waals surface area contributed by atoms with E-state index >= 15 is 0 Å². The third kappa shape index (κ3) is 4.27. The molecule has 0 aliphatic carbocycles. The van der Waals surface area contributed by atoms with Gasteiger partial charge in [0.25, 0.3) is 0 Å². The normalized spacial score (nSPS) is 13.2. The Morgan fingerprint density at radius 3 is 2.31 bits per heavy atom. The maximum Gasteiger partial charge on any atom is 0.434 e. The molecule has 0 bridgehead atoms. The largest absolute Gasteiger partial charge is 0.434 e. The number of fused-ring (bicyclic) bond motifs is 1. The van der Waals surface area contributed by atoms with E-state index in [-0.39, 0.29) is 23.2 Å². The molecule has 32 heavy (non-hydrogen) atoms. The average Bonchev–Trinajstić information content (AvgIpc) is 3.31. The topological polar surface area (TPSA) is 73.5 Å². The lowest BCUT2D eigenvalue weighted by Gasteiger charge is -2.16. The average molecular weight is 464 g/mol. The molecule has 1 N–H and O–H groups in total. The minimum atomic E-state index is -4.50. The molecule has 0 saturated carbocycles. The smallest absolute Gasteiger partial charge is 0.362 e. The van der Waals surface area contributed by atoms with Crippen LogP contribution in [0.4, 0.5) is 19.0 Å². The van der Waals surface area contributed by atoms with Crippen molar-refractivity contribution in [2.24, 2.45) is 7.05 Å². The highest BCUT2D eigenvalue weighted by Gasteiger charge is 2.35. The lowest BCUT2D eigenvalue weighted by atomic mass is 10.1. The first-order chi connectivity index (χ1) is 15.0. The number of benzene rings is 1. The summed E-state index contributed by atoms with van der Waals surface area (Å²) in [4.78, 5) is 12.3. The first-order valence-corrected chi connectivity index (χ1v) is 10.3. The summed E-state index contributed by atoms with van der Waals surface area (Å²) in [6.07, 6.45) is -1.70. The van der Waals surface area contributed by atoms with E-state index in [1.165, 1.54) is 4.57 Å². The highest BCUT2D eigenvalue weighted by molar-refractivity contribution is 6.28. The molecule has 7 nitrogen and oxygen atoms in total. The zero-order valence-corrected chi connectivity index (χ0v) is 18.6. The molecule has 3 aromatic heterocycles. The molecule has 0 aliphatic rings. The van der Waals surface area contributed by atoms with Gasteiger partial charge in [0.15, 0.2) is 17.0 Å². The standard InChI is InChI=1S/C21H21ClF3N7/c1-11(2)32-10-16(21(23,24)25)28-19(32)14-7-5-13(6-8-14)12(3)26-18-17-15(9-31(4)30-17)27-20(22)29-18/h5-12H,1-4H3,(H,26,27,29). The Hall–Kier alpha value is -3.14. The van der Waals surface area contributed by atoms with Crippen LogP contribution in [0.1, 0.15) is 44.1 Å². The second-order valence-electron chi connectivity index (χ2n) is 7.81. The molecule has 11 heteroatoms. The Morgan fingerprint density at radius 2 is 1.69 bits per heavy atom. The molecule has 168 valence electrons. The van der Waals surface area contributed by atoms with E-state index in [9.17, 15) is 13.2 Å². The van der Waals surface area contributed by atoms with Crippen LogP contribution in [0.25, 0.3) is 22.4 Å². The zero-order valence-electron chi connectivity index (χ0n) is 17.8. The highest BCUT2D eigenvalue weighted by Crippen LogP contribution is 2.33. The van der Waals surface area contributed by atoms with Gasteiger partial charge in [0.2, 0.25) is 5.28 Å². The van der Waals surface area contributed by atoms with Crippen LogP contribution in [-0.4, -0.2) is 29.3 Å². The van der Waals surface area contributed by atoms with Crippen molar-refractivity contribution in [1.82, 2.24) is 29.3 Å². The predicted molar refractivity (Wildman–Crippen MR) is 116 cm³/mol. The number of aromatic nitrogens is 6. The molecule has 1 unspecified atom stereocenters. The van der Waals surface area contributed by atoms with Gasteiger partial charge < -0.3 is 9.88 Å². The molecule has 0 spiro atoms. The van der Waals surface area contributed by atoms with Crippen molar-refractivity contribution in [2.75, 3.05) is 5.32 Å². The number of hydrogen-bond donors (Lipinski definition) is 1. The summed E-state index contributed by atoms with van der Waals surface area (Å²) in [5.41, 5.74) is 1.83. The Bertz CT molecular complexity index is 1260. The van der Waals surface area contributed by atoms with Gasteiger partial charge in [-0.25, -0.2) is 9.97 Å². The van der Waals surface area contributed by atoms with Crippen LogP contribution in [0.2, 0.25) is 5.28 Å². The molecule has 0 saturated heterocycles. The van der Waals surface area contributed by atoms with Gasteiger partial charge in [0.1, 0.15) is 11.3 Å². The lowest BCUT2D eigenvalue weighted by Crippen LogP contribution is -2.09. The van der Waals surface area contributed by atoms with Gasteiger partial charge in [-0.15, -0.1) is 0 Å². The molecule has 1 atom stereocenters. The Morgan fingerprint density at radius 1 is 1.00 bits per heavy atom. The minimum absolute atomic E-state index is 0.108. The molecule has 4 rings (SSSR count). The third-order valence-corrected chi connectivity index (χ3v) is 5.22. The summed E-state index contributed by atoms with van der Waals surface area (Å²) >= 11 is 6.04. The number of nitrogens with one attached hydrogen (secondary N) is 1. The van der Waals surface area contributed by atoms with Crippen LogP contribution >= 0.6 is 11.6 Å². The fraction of sp³-hybridized carbons (Fsp3) is 0.333. The fourth-order valence-corrected chi connectivity index (χ4v) is 3.62. The van der Waals surface area contributed by atoms with Crippen LogP contribution in [0, 0.1) is 0 Å². The molecule has 0 fully saturated rings. The van der Waals surface area contributed by atoms with Crippen molar-refractivity contribution in [1.29, 1.82) is 0 Å². The predicted octanol–water partition coefficient (Wildman–Crippen LogP) is 5.65. The van der Waals surface area contributed by atoms with Crippen molar-refractivity contribution in [3.05, 3.63) is 53.2 Å². The summed E-state index contributed by atoms with van der Waals surface area (Å²) in [6, 6.07) is 6.87. The van der Waals surface area contributed by atoms with Gasteiger partial charge in [-0.05, 0) is 37.9 Å². The number of alkyl halides is 3. The van der Waals surface area contributed by atoms with E-state index in [4.69, 9.17) is 11.6 Å². The molecular formula is C21H21ClF3N7. The van der Waals surface area contributed by atoms with E-state index in [1.54, 1.807) is 30.1 Å². The SMILES string of the molecule is CC(Nc1nc(Cl)nc2cn(C)nc12)c1ccc(-c2nc(C(F)(F)F)cn2C(C)C)cc1. The summed E-state index contributed by atoms with van der Waals surface area (Å²) < 4.78 is 42.7. The van der Waals surface area contributed by atoms with Gasteiger partial charge in [-0.2, -0.15) is 23.3 Å². The number of halogens is 4. The lowest BCUT2D eigenvalue weighted by molar-refractivity contribution is -0.140. The molecule has 0 radical (unpaired) electrons. The van der Waals surface area contributed by atoms with Crippen molar-refractivity contribution in [3.8, 4) is 11.4 Å². The maximum absolute atomic E-state index is 13.2. The summed E-state index contributed by atoms with van der Waals surface area (Å²) in [5, 5.41) is 7.77. The van der Waals surface area contributed by atoms with Crippen molar-refractivity contribution in [2.45, 2.75) is 39.0 Å². The maximum atomic E-state index is 13.2. The highest BCUT2D eigenvalue weighted by atomic mass is 35.5. The molecule has 0 aliphatic heterocycles. The number of hydrogen-bond acceptors (Lipinski definition) is 5. The Kier molecular flexibility index (Phi) is 5.58.